The highest BCUT2D eigenvalue weighted by molar-refractivity contribution is 5.19. The molecule has 0 N–H and O–H groups in total. The maximum absolute atomic E-state index is 9.04. The molecule has 23 heavy (non-hydrogen) atoms. The highest BCUT2D eigenvalue weighted by Crippen LogP contribution is 2.26. The molecule has 1 aromatic rings. The quantitative estimate of drug-likeness (QED) is 0.555. The Morgan fingerprint density at radius 1 is 0.739 bits per heavy atom. The van der Waals surface area contributed by atoms with Crippen LogP contribution in [0, 0.1) is 22.7 Å². The first-order chi connectivity index (χ1) is 11.2. The molecule has 0 aliphatic carbocycles. The van der Waals surface area contributed by atoms with E-state index in [1.807, 2.05) is 12.1 Å². The normalized spacial score (nSPS) is 10.5. The predicted octanol–water partition coefficient (Wildman–Crippen LogP) is 4.64. The van der Waals surface area contributed by atoms with E-state index in [0.29, 0.717) is 5.82 Å². The van der Waals surface area contributed by atoms with Crippen molar-refractivity contribution < 1.29 is 0 Å². The van der Waals surface area contributed by atoms with Gasteiger partial charge in [-0.3, -0.25) is 0 Å². The average molecular weight is 313 g/mol. The largest absolute Gasteiger partial charge is 0.236 e. The third-order valence-electron chi connectivity index (χ3n) is 4.03. The molecule has 0 saturated carbocycles. The third kappa shape index (κ3) is 7.19. The van der Waals surface area contributed by atoms with Gasteiger partial charge in [-0.25, -0.2) is 9.97 Å². The van der Waals surface area contributed by atoms with Gasteiger partial charge in [0.15, 0.2) is 0 Å². The van der Waals surface area contributed by atoms with Crippen LogP contribution in [0.2, 0.25) is 0 Å². The van der Waals surface area contributed by atoms with Crippen LogP contribution in [0.4, 0.5) is 0 Å². The van der Waals surface area contributed by atoms with Gasteiger partial charge in [0.25, 0.3) is 0 Å². The molecule has 1 rings (SSSR count). The lowest BCUT2D eigenvalue weighted by atomic mass is 9.93. The number of nitrogens with zero attached hydrogens (tertiary/aromatic N) is 5. The van der Waals surface area contributed by atoms with Crippen LogP contribution >= 0.6 is 0 Å². The number of aromatic nitrogens is 3. The Balaban J connectivity index is 2.80. The molecule has 0 atom stereocenters. The molecule has 0 bridgehead atoms. The summed E-state index contributed by atoms with van der Waals surface area (Å²) in [6.45, 7) is 4.40. The van der Waals surface area contributed by atoms with Gasteiger partial charge in [-0.15, -0.1) is 0 Å². The average Bonchev–Trinajstić information content (AvgIpc) is 2.59. The number of unbranched alkanes of at least 4 members (excludes halogenated alkanes) is 6. The lowest BCUT2D eigenvalue weighted by Crippen LogP contribution is -2.10. The van der Waals surface area contributed by atoms with E-state index in [1.165, 1.54) is 38.5 Å². The number of rotatable bonds is 11. The molecule has 0 aromatic carbocycles. The maximum Gasteiger partial charge on any atom is 0.236 e. The van der Waals surface area contributed by atoms with Crippen molar-refractivity contribution in [3.05, 3.63) is 17.5 Å². The molecule has 5 heteroatoms. The Labute approximate surface area is 139 Å². The van der Waals surface area contributed by atoms with Crippen molar-refractivity contribution >= 4 is 0 Å². The van der Waals surface area contributed by atoms with Crippen molar-refractivity contribution in [1.29, 1.82) is 10.5 Å². The Bertz CT molecular complexity index is 497. The van der Waals surface area contributed by atoms with E-state index in [0.717, 1.165) is 25.7 Å². The fourth-order valence-electron chi connectivity index (χ4n) is 2.71. The fourth-order valence-corrected chi connectivity index (χ4v) is 2.71. The van der Waals surface area contributed by atoms with Gasteiger partial charge in [0.05, 0.1) is 0 Å². The summed E-state index contributed by atoms with van der Waals surface area (Å²) in [7, 11) is 0. The third-order valence-corrected chi connectivity index (χ3v) is 4.03. The summed E-state index contributed by atoms with van der Waals surface area (Å²) >= 11 is 0. The Hall–Kier alpha value is -2.01. The zero-order chi connectivity index (χ0) is 16.9. The van der Waals surface area contributed by atoms with Crippen LogP contribution in [0.1, 0.15) is 101 Å². The van der Waals surface area contributed by atoms with Gasteiger partial charge in [0.1, 0.15) is 18.0 Å². The SMILES string of the molecule is CCCCCCC(CCCCCC)c1nc(C#N)nc(C#N)n1. The van der Waals surface area contributed by atoms with Crippen LogP contribution < -0.4 is 0 Å². The zero-order valence-corrected chi connectivity index (χ0v) is 14.4. The second-order valence-electron chi connectivity index (χ2n) is 5.96. The van der Waals surface area contributed by atoms with Crippen LogP contribution in [0.5, 0.6) is 0 Å². The fraction of sp³-hybridized carbons (Fsp3) is 0.722. The van der Waals surface area contributed by atoms with Gasteiger partial charge in [0.2, 0.25) is 11.6 Å². The summed E-state index contributed by atoms with van der Waals surface area (Å²) < 4.78 is 0. The molecule has 0 amide bonds. The molecule has 0 aliphatic heterocycles. The minimum atomic E-state index is 0.0543. The second-order valence-corrected chi connectivity index (χ2v) is 5.96. The minimum absolute atomic E-state index is 0.0543. The summed E-state index contributed by atoms with van der Waals surface area (Å²) in [6.07, 6.45) is 11.7. The van der Waals surface area contributed by atoms with E-state index >= 15 is 0 Å². The van der Waals surface area contributed by atoms with Crippen LogP contribution in [0.3, 0.4) is 0 Å². The standard InChI is InChI=1S/C18H27N5/c1-3-5-7-9-11-15(12-10-8-6-4-2)18-22-16(13-19)21-17(14-20)23-18/h15H,3-12H2,1-2H3. The first kappa shape index (κ1) is 19.0. The Morgan fingerprint density at radius 2 is 1.22 bits per heavy atom. The molecular weight excluding hydrogens is 286 g/mol. The molecule has 0 aliphatic rings. The highest BCUT2D eigenvalue weighted by atomic mass is 15.0. The Kier molecular flexibility index (Phi) is 9.55. The minimum Gasteiger partial charge on any atom is -0.203 e. The van der Waals surface area contributed by atoms with Crippen molar-refractivity contribution in [1.82, 2.24) is 15.0 Å². The molecule has 1 heterocycles. The van der Waals surface area contributed by atoms with E-state index in [1.54, 1.807) is 0 Å². The van der Waals surface area contributed by atoms with Crippen molar-refractivity contribution in [3.8, 4) is 12.1 Å². The lowest BCUT2D eigenvalue weighted by Gasteiger charge is -2.15. The van der Waals surface area contributed by atoms with E-state index in [2.05, 4.69) is 28.8 Å². The Morgan fingerprint density at radius 3 is 1.61 bits per heavy atom. The van der Waals surface area contributed by atoms with Gasteiger partial charge in [0, 0.05) is 5.92 Å². The summed E-state index contributed by atoms with van der Waals surface area (Å²) in [5, 5.41) is 18.1. The van der Waals surface area contributed by atoms with Crippen LogP contribution in [0.15, 0.2) is 0 Å². The molecule has 0 radical (unpaired) electrons. The predicted molar refractivity (Wildman–Crippen MR) is 89.5 cm³/mol. The van der Waals surface area contributed by atoms with Crippen LogP contribution in [-0.4, -0.2) is 15.0 Å². The van der Waals surface area contributed by atoms with Crippen molar-refractivity contribution in [3.63, 3.8) is 0 Å². The van der Waals surface area contributed by atoms with Crippen molar-refractivity contribution in [2.24, 2.45) is 0 Å². The van der Waals surface area contributed by atoms with Crippen LogP contribution in [-0.2, 0) is 0 Å². The van der Waals surface area contributed by atoms with Crippen LogP contribution in [0.25, 0.3) is 0 Å². The summed E-state index contributed by atoms with van der Waals surface area (Å²) in [5.41, 5.74) is 0. The van der Waals surface area contributed by atoms with Gasteiger partial charge in [-0.05, 0) is 12.8 Å². The number of nitriles is 2. The number of hydrogen-bond donors (Lipinski definition) is 0. The zero-order valence-electron chi connectivity index (χ0n) is 14.4. The van der Waals surface area contributed by atoms with E-state index in [-0.39, 0.29) is 17.6 Å². The smallest absolute Gasteiger partial charge is 0.203 e. The number of hydrogen-bond acceptors (Lipinski definition) is 5. The van der Waals surface area contributed by atoms with E-state index in [4.69, 9.17) is 10.5 Å². The molecule has 1 aromatic heterocycles. The second kappa shape index (κ2) is 11.5. The molecule has 0 spiro atoms. The monoisotopic (exact) mass is 313 g/mol. The highest BCUT2D eigenvalue weighted by Gasteiger charge is 2.17. The van der Waals surface area contributed by atoms with E-state index in [9.17, 15) is 0 Å². The molecule has 124 valence electrons. The maximum atomic E-state index is 9.04. The molecular formula is C18H27N5. The summed E-state index contributed by atoms with van der Waals surface area (Å²) in [4.78, 5) is 12.4. The summed E-state index contributed by atoms with van der Waals surface area (Å²) in [5.74, 6) is 0.962. The summed E-state index contributed by atoms with van der Waals surface area (Å²) in [6, 6.07) is 3.87. The molecule has 0 fully saturated rings. The topological polar surface area (TPSA) is 86.2 Å². The van der Waals surface area contributed by atoms with Gasteiger partial charge in [-0.1, -0.05) is 65.2 Å². The molecule has 5 nitrogen and oxygen atoms in total. The van der Waals surface area contributed by atoms with Crippen molar-refractivity contribution in [2.45, 2.75) is 84.0 Å². The molecule has 0 unspecified atom stereocenters. The first-order valence-electron chi connectivity index (χ1n) is 8.81. The lowest BCUT2D eigenvalue weighted by molar-refractivity contribution is 0.477. The molecule has 0 saturated heterocycles. The first-order valence-corrected chi connectivity index (χ1v) is 8.81. The van der Waals surface area contributed by atoms with Gasteiger partial charge >= 0.3 is 0 Å². The van der Waals surface area contributed by atoms with E-state index < -0.39 is 0 Å². The van der Waals surface area contributed by atoms with Gasteiger partial charge < -0.3 is 0 Å². The van der Waals surface area contributed by atoms with Crippen molar-refractivity contribution in [2.75, 3.05) is 0 Å². The van der Waals surface area contributed by atoms with Gasteiger partial charge in [-0.2, -0.15) is 15.5 Å².